The van der Waals surface area contributed by atoms with E-state index in [-0.39, 0.29) is 17.4 Å². The van der Waals surface area contributed by atoms with Crippen molar-refractivity contribution < 1.29 is 22.5 Å². The fourth-order valence-electron chi connectivity index (χ4n) is 2.52. The Kier molecular flexibility index (Phi) is 5.43. The fourth-order valence-corrected chi connectivity index (χ4v) is 2.52. The van der Waals surface area contributed by atoms with E-state index in [1.54, 1.807) is 24.5 Å². The molecule has 1 unspecified atom stereocenters. The van der Waals surface area contributed by atoms with Gasteiger partial charge in [0.15, 0.2) is 0 Å². The van der Waals surface area contributed by atoms with Crippen molar-refractivity contribution >= 4 is 5.91 Å². The van der Waals surface area contributed by atoms with Crippen molar-refractivity contribution in [1.82, 2.24) is 20.4 Å². The quantitative estimate of drug-likeness (QED) is 0.703. The van der Waals surface area contributed by atoms with Crippen molar-refractivity contribution in [1.29, 1.82) is 0 Å². The van der Waals surface area contributed by atoms with E-state index in [0.29, 0.717) is 11.4 Å². The van der Waals surface area contributed by atoms with Crippen LogP contribution in [0.15, 0.2) is 53.3 Å². The Hall–Kier alpha value is -3.23. The van der Waals surface area contributed by atoms with Crippen molar-refractivity contribution in [2.45, 2.75) is 26.1 Å². The molecule has 9 heteroatoms. The maximum atomic E-state index is 12.7. The standard InChI is InChI=1S/C19H17F3N4O2/c1-11(2)15(18-25-16(26-28-18)13-4-3-9-23-10-13)24-17(27)12-5-7-14(8-6-12)19(20,21)22/h3-11,15H,1-2H3,(H,24,27). The molecule has 0 aliphatic heterocycles. The first-order chi connectivity index (χ1) is 13.3. The van der Waals surface area contributed by atoms with Gasteiger partial charge in [0, 0.05) is 23.5 Å². The molecule has 146 valence electrons. The topological polar surface area (TPSA) is 80.9 Å². The number of benzene rings is 1. The van der Waals surface area contributed by atoms with Crippen LogP contribution >= 0.6 is 0 Å². The SMILES string of the molecule is CC(C)C(NC(=O)c1ccc(C(F)(F)F)cc1)c1nc(-c2cccnc2)no1. The monoisotopic (exact) mass is 390 g/mol. The van der Waals surface area contributed by atoms with Crippen LogP contribution in [0.4, 0.5) is 13.2 Å². The molecular formula is C19H17F3N4O2. The molecule has 0 aliphatic carbocycles. The molecule has 0 spiro atoms. The maximum Gasteiger partial charge on any atom is 0.416 e. The van der Waals surface area contributed by atoms with Gasteiger partial charge in [-0.05, 0) is 42.3 Å². The summed E-state index contributed by atoms with van der Waals surface area (Å²) >= 11 is 0. The zero-order valence-electron chi connectivity index (χ0n) is 15.1. The zero-order valence-corrected chi connectivity index (χ0v) is 15.1. The van der Waals surface area contributed by atoms with Gasteiger partial charge in [0.2, 0.25) is 11.7 Å². The van der Waals surface area contributed by atoms with Gasteiger partial charge in [0.05, 0.1) is 5.56 Å². The van der Waals surface area contributed by atoms with Crippen LogP contribution < -0.4 is 5.32 Å². The molecule has 2 aromatic heterocycles. The predicted octanol–water partition coefficient (Wildman–Crippen LogP) is 4.28. The summed E-state index contributed by atoms with van der Waals surface area (Å²) in [5, 5.41) is 6.65. The summed E-state index contributed by atoms with van der Waals surface area (Å²) in [5.41, 5.74) is -0.0535. The Bertz CT molecular complexity index is 938. The van der Waals surface area contributed by atoms with Gasteiger partial charge in [0.25, 0.3) is 5.91 Å². The number of carbonyl (C=O) groups excluding carboxylic acids is 1. The normalized spacial score (nSPS) is 12.8. The van der Waals surface area contributed by atoms with E-state index >= 15 is 0 Å². The molecule has 0 saturated heterocycles. The molecule has 0 saturated carbocycles. The number of alkyl halides is 3. The van der Waals surface area contributed by atoms with Crippen LogP contribution in [-0.4, -0.2) is 21.0 Å². The molecule has 1 atom stereocenters. The van der Waals surface area contributed by atoms with Gasteiger partial charge < -0.3 is 9.84 Å². The Labute approximate surface area is 158 Å². The van der Waals surface area contributed by atoms with Crippen LogP contribution in [0.3, 0.4) is 0 Å². The summed E-state index contributed by atoms with van der Waals surface area (Å²) < 4.78 is 43.3. The molecule has 1 amide bonds. The molecule has 0 radical (unpaired) electrons. The van der Waals surface area contributed by atoms with Crippen LogP contribution in [0.5, 0.6) is 0 Å². The number of aromatic nitrogens is 3. The molecule has 2 heterocycles. The van der Waals surface area contributed by atoms with Crippen LogP contribution in [-0.2, 0) is 6.18 Å². The van der Waals surface area contributed by atoms with Crippen LogP contribution in [0.25, 0.3) is 11.4 Å². The summed E-state index contributed by atoms with van der Waals surface area (Å²) in [5.74, 6) is -0.0965. The molecule has 0 aliphatic rings. The van der Waals surface area contributed by atoms with Gasteiger partial charge in [0.1, 0.15) is 6.04 Å². The first-order valence-corrected chi connectivity index (χ1v) is 8.48. The average Bonchev–Trinajstić information content (AvgIpc) is 3.15. The highest BCUT2D eigenvalue weighted by atomic mass is 19.4. The lowest BCUT2D eigenvalue weighted by atomic mass is 10.0. The lowest BCUT2D eigenvalue weighted by molar-refractivity contribution is -0.137. The molecule has 28 heavy (non-hydrogen) atoms. The van der Waals surface area contributed by atoms with E-state index < -0.39 is 23.7 Å². The van der Waals surface area contributed by atoms with Crippen molar-refractivity contribution in [3.05, 3.63) is 65.8 Å². The highest BCUT2D eigenvalue weighted by Gasteiger charge is 2.30. The smallest absolute Gasteiger partial charge is 0.340 e. The van der Waals surface area contributed by atoms with Gasteiger partial charge in [-0.15, -0.1) is 0 Å². The molecule has 1 aromatic carbocycles. The Morgan fingerprint density at radius 3 is 2.43 bits per heavy atom. The van der Waals surface area contributed by atoms with Gasteiger partial charge >= 0.3 is 6.18 Å². The van der Waals surface area contributed by atoms with Gasteiger partial charge in [-0.2, -0.15) is 18.2 Å². The Morgan fingerprint density at radius 1 is 1.14 bits per heavy atom. The Balaban J connectivity index is 1.78. The minimum atomic E-state index is -4.46. The van der Waals surface area contributed by atoms with Crippen molar-refractivity contribution in [3.63, 3.8) is 0 Å². The summed E-state index contributed by atoms with van der Waals surface area (Å²) in [6.45, 7) is 3.71. The number of rotatable bonds is 5. The minimum Gasteiger partial charge on any atom is -0.340 e. The highest BCUT2D eigenvalue weighted by Crippen LogP contribution is 2.29. The summed E-state index contributed by atoms with van der Waals surface area (Å²) in [6.07, 6.45) is -1.26. The van der Waals surface area contributed by atoms with Crippen molar-refractivity contribution in [2.24, 2.45) is 5.92 Å². The molecule has 0 bridgehead atoms. The lowest BCUT2D eigenvalue weighted by Gasteiger charge is -2.18. The number of nitrogens with one attached hydrogen (secondary N) is 1. The van der Waals surface area contributed by atoms with Gasteiger partial charge in [-0.1, -0.05) is 19.0 Å². The second kappa shape index (κ2) is 7.79. The largest absolute Gasteiger partial charge is 0.416 e. The highest BCUT2D eigenvalue weighted by molar-refractivity contribution is 5.94. The average molecular weight is 390 g/mol. The molecule has 0 fully saturated rings. The molecule has 6 nitrogen and oxygen atoms in total. The Morgan fingerprint density at radius 2 is 1.86 bits per heavy atom. The second-order valence-electron chi connectivity index (χ2n) is 6.47. The number of amides is 1. The molecular weight excluding hydrogens is 373 g/mol. The van der Waals surface area contributed by atoms with Crippen molar-refractivity contribution in [3.8, 4) is 11.4 Å². The van der Waals surface area contributed by atoms with Crippen LogP contribution in [0.1, 0.15) is 41.7 Å². The minimum absolute atomic E-state index is 0.0967. The summed E-state index contributed by atoms with van der Waals surface area (Å²) in [4.78, 5) is 20.8. The third-order valence-corrected chi connectivity index (χ3v) is 4.06. The predicted molar refractivity (Wildman–Crippen MR) is 94.0 cm³/mol. The third kappa shape index (κ3) is 4.36. The number of carbonyl (C=O) groups is 1. The maximum absolute atomic E-state index is 12.7. The summed E-state index contributed by atoms with van der Waals surface area (Å²) in [6, 6.07) is 6.89. The van der Waals surface area contributed by atoms with Crippen LogP contribution in [0, 0.1) is 5.92 Å². The van der Waals surface area contributed by atoms with Crippen molar-refractivity contribution in [2.75, 3.05) is 0 Å². The zero-order chi connectivity index (χ0) is 20.3. The number of nitrogens with zero attached hydrogens (tertiary/aromatic N) is 3. The van der Waals surface area contributed by atoms with Crippen LogP contribution in [0.2, 0.25) is 0 Å². The van der Waals surface area contributed by atoms with E-state index in [4.69, 9.17) is 4.52 Å². The number of hydrogen-bond donors (Lipinski definition) is 1. The lowest BCUT2D eigenvalue weighted by Crippen LogP contribution is -2.32. The van der Waals surface area contributed by atoms with Gasteiger partial charge in [-0.3, -0.25) is 9.78 Å². The number of hydrogen-bond acceptors (Lipinski definition) is 5. The first-order valence-electron chi connectivity index (χ1n) is 8.48. The second-order valence-corrected chi connectivity index (χ2v) is 6.47. The van der Waals surface area contributed by atoms with E-state index in [9.17, 15) is 18.0 Å². The van der Waals surface area contributed by atoms with E-state index in [1.807, 2.05) is 13.8 Å². The van der Waals surface area contributed by atoms with E-state index in [0.717, 1.165) is 24.3 Å². The van der Waals surface area contributed by atoms with Gasteiger partial charge in [-0.25, -0.2) is 0 Å². The summed E-state index contributed by atoms with van der Waals surface area (Å²) in [7, 11) is 0. The van der Waals surface area contributed by atoms with E-state index in [1.165, 1.54) is 0 Å². The third-order valence-electron chi connectivity index (χ3n) is 4.06. The molecule has 1 N–H and O–H groups in total. The fraction of sp³-hybridized carbons (Fsp3) is 0.263. The number of pyridine rings is 1. The molecule has 3 rings (SSSR count). The molecule has 3 aromatic rings. The van der Waals surface area contributed by atoms with E-state index in [2.05, 4.69) is 20.4 Å². The number of halogens is 3. The first kappa shape index (κ1) is 19.5.